The molecule has 0 fully saturated rings. The Morgan fingerprint density at radius 3 is 2.59 bits per heavy atom. The summed E-state index contributed by atoms with van der Waals surface area (Å²) < 4.78 is 11.0. The molecule has 2 aromatic carbocycles. The van der Waals surface area contributed by atoms with Gasteiger partial charge in [0, 0.05) is 35.7 Å². The number of carbonyl (C=O) groups is 2. The van der Waals surface area contributed by atoms with Gasteiger partial charge < -0.3 is 19.9 Å². The van der Waals surface area contributed by atoms with Gasteiger partial charge in [0.1, 0.15) is 0 Å². The van der Waals surface area contributed by atoms with Crippen LogP contribution in [0, 0.1) is 5.41 Å². The Labute approximate surface area is 200 Å². The highest BCUT2D eigenvalue weighted by molar-refractivity contribution is 6.04. The lowest BCUT2D eigenvalue weighted by molar-refractivity contribution is -0.139. The van der Waals surface area contributed by atoms with Crippen molar-refractivity contribution in [3.63, 3.8) is 0 Å². The summed E-state index contributed by atoms with van der Waals surface area (Å²) in [5.41, 5.74) is 4.12. The fourth-order valence-corrected chi connectivity index (χ4v) is 4.90. The standard InChI is InChI=1S/C28H31NO5/c1-17-24(27(32)34-13-12-18-8-6-5-7-9-18)25(19-10-11-21(30)23(14-19)33-4)26-20(29-17)15-28(2,3)16-22(26)31/h5-11,14,25,29-30H,12-13,15-16H2,1-4H3. The molecule has 178 valence electrons. The summed E-state index contributed by atoms with van der Waals surface area (Å²) >= 11 is 0. The molecule has 6 heteroatoms. The average Bonchev–Trinajstić information content (AvgIpc) is 2.78. The van der Waals surface area contributed by atoms with Gasteiger partial charge in [-0.15, -0.1) is 0 Å². The van der Waals surface area contributed by atoms with Crippen molar-refractivity contribution in [2.45, 2.75) is 46.0 Å². The zero-order valence-electron chi connectivity index (χ0n) is 20.1. The van der Waals surface area contributed by atoms with Crippen molar-refractivity contribution in [3.05, 3.63) is 82.2 Å². The van der Waals surface area contributed by atoms with E-state index in [9.17, 15) is 14.7 Å². The fraction of sp³-hybridized carbons (Fsp3) is 0.357. The van der Waals surface area contributed by atoms with Gasteiger partial charge in [0.05, 0.1) is 19.3 Å². The Balaban J connectivity index is 1.70. The molecule has 4 rings (SSSR count). The lowest BCUT2D eigenvalue weighted by Gasteiger charge is -2.39. The highest BCUT2D eigenvalue weighted by Crippen LogP contribution is 2.47. The maximum Gasteiger partial charge on any atom is 0.336 e. The van der Waals surface area contributed by atoms with Crippen molar-refractivity contribution >= 4 is 11.8 Å². The summed E-state index contributed by atoms with van der Waals surface area (Å²) in [6.45, 7) is 6.22. The molecule has 1 atom stereocenters. The molecule has 2 N–H and O–H groups in total. The van der Waals surface area contributed by atoms with Crippen LogP contribution in [0.2, 0.25) is 0 Å². The number of phenols is 1. The van der Waals surface area contributed by atoms with Crippen molar-refractivity contribution in [1.82, 2.24) is 5.32 Å². The summed E-state index contributed by atoms with van der Waals surface area (Å²) in [6, 6.07) is 14.8. The van der Waals surface area contributed by atoms with E-state index in [1.807, 2.05) is 37.3 Å². The quantitative estimate of drug-likeness (QED) is 0.602. The van der Waals surface area contributed by atoms with Gasteiger partial charge in [-0.05, 0) is 42.0 Å². The zero-order valence-corrected chi connectivity index (χ0v) is 20.1. The maximum absolute atomic E-state index is 13.4. The van der Waals surface area contributed by atoms with Gasteiger partial charge in [0.25, 0.3) is 0 Å². The number of phenolic OH excluding ortho intramolecular Hbond substituents is 1. The minimum Gasteiger partial charge on any atom is -0.504 e. The first-order valence-corrected chi connectivity index (χ1v) is 11.5. The summed E-state index contributed by atoms with van der Waals surface area (Å²) in [7, 11) is 1.47. The average molecular weight is 462 g/mol. The van der Waals surface area contributed by atoms with Crippen LogP contribution in [0.3, 0.4) is 0 Å². The van der Waals surface area contributed by atoms with Gasteiger partial charge in [-0.3, -0.25) is 4.79 Å². The molecule has 0 bridgehead atoms. The molecule has 0 saturated carbocycles. The number of Topliss-reactive ketones (excluding diaryl/α,β-unsaturated/α-hetero) is 1. The van der Waals surface area contributed by atoms with E-state index in [2.05, 4.69) is 19.2 Å². The fourth-order valence-electron chi connectivity index (χ4n) is 4.90. The molecule has 2 aliphatic rings. The number of aromatic hydroxyl groups is 1. The van der Waals surface area contributed by atoms with E-state index < -0.39 is 11.9 Å². The molecule has 0 saturated heterocycles. The second-order valence-electron chi connectivity index (χ2n) is 9.73. The monoisotopic (exact) mass is 461 g/mol. The smallest absolute Gasteiger partial charge is 0.336 e. The van der Waals surface area contributed by atoms with Gasteiger partial charge >= 0.3 is 5.97 Å². The largest absolute Gasteiger partial charge is 0.504 e. The van der Waals surface area contributed by atoms with Crippen molar-refractivity contribution in [3.8, 4) is 11.5 Å². The van der Waals surface area contributed by atoms with E-state index in [1.165, 1.54) is 13.2 Å². The first-order valence-electron chi connectivity index (χ1n) is 11.5. The lowest BCUT2D eigenvalue weighted by atomic mass is 9.68. The predicted octanol–water partition coefficient (Wildman–Crippen LogP) is 4.79. The zero-order chi connectivity index (χ0) is 24.5. The SMILES string of the molecule is COc1cc(C2C(C(=O)OCCc3ccccc3)=C(C)NC3=C2C(=O)CC(C)(C)C3)ccc1O. The summed E-state index contributed by atoms with van der Waals surface area (Å²) in [4.78, 5) is 26.7. The van der Waals surface area contributed by atoms with E-state index in [0.717, 1.165) is 11.3 Å². The summed E-state index contributed by atoms with van der Waals surface area (Å²) in [6.07, 6.45) is 1.70. The van der Waals surface area contributed by atoms with E-state index in [0.29, 0.717) is 41.7 Å². The number of esters is 1. The number of methoxy groups -OCH3 is 1. The number of carbonyl (C=O) groups excluding carboxylic acids is 2. The number of allylic oxidation sites excluding steroid dienone is 3. The molecular weight excluding hydrogens is 430 g/mol. The van der Waals surface area contributed by atoms with Crippen LogP contribution in [0.25, 0.3) is 0 Å². The van der Waals surface area contributed by atoms with Gasteiger partial charge in [0.15, 0.2) is 17.3 Å². The van der Waals surface area contributed by atoms with Crippen LogP contribution >= 0.6 is 0 Å². The van der Waals surface area contributed by atoms with Crippen LogP contribution in [-0.4, -0.2) is 30.6 Å². The molecule has 1 unspecified atom stereocenters. The molecule has 2 aromatic rings. The Hall–Kier alpha value is -3.54. The van der Waals surface area contributed by atoms with Crippen LogP contribution in [0.1, 0.15) is 50.7 Å². The van der Waals surface area contributed by atoms with E-state index >= 15 is 0 Å². The number of benzene rings is 2. The molecule has 1 heterocycles. The molecular formula is C28H31NO5. The highest BCUT2D eigenvalue weighted by Gasteiger charge is 2.43. The van der Waals surface area contributed by atoms with Crippen molar-refractivity contribution in [1.29, 1.82) is 0 Å². The number of ketones is 1. The lowest BCUT2D eigenvalue weighted by Crippen LogP contribution is -2.38. The molecule has 0 spiro atoms. The first kappa shape index (κ1) is 23.6. The van der Waals surface area contributed by atoms with E-state index in [4.69, 9.17) is 9.47 Å². The third-order valence-electron chi connectivity index (χ3n) is 6.46. The molecule has 0 amide bonds. The molecule has 1 aliphatic carbocycles. The number of nitrogens with one attached hydrogen (secondary N) is 1. The second-order valence-corrected chi connectivity index (χ2v) is 9.73. The number of hydrogen-bond donors (Lipinski definition) is 2. The number of ether oxygens (including phenoxy) is 2. The van der Waals surface area contributed by atoms with Crippen LogP contribution in [0.5, 0.6) is 11.5 Å². The Kier molecular flexibility index (Phi) is 6.51. The minimum absolute atomic E-state index is 0.00168. The van der Waals surface area contributed by atoms with Crippen LogP contribution in [-0.2, 0) is 20.7 Å². The van der Waals surface area contributed by atoms with Crippen LogP contribution in [0.4, 0.5) is 0 Å². The molecule has 34 heavy (non-hydrogen) atoms. The first-order chi connectivity index (χ1) is 16.2. The van der Waals surface area contributed by atoms with Gasteiger partial charge in [-0.2, -0.15) is 0 Å². The number of rotatable bonds is 6. The van der Waals surface area contributed by atoms with Gasteiger partial charge in [-0.1, -0.05) is 50.2 Å². The van der Waals surface area contributed by atoms with E-state index in [-0.39, 0.29) is 29.3 Å². The third-order valence-corrected chi connectivity index (χ3v) is 6.46. The van der Waals surface area contributed by atoms with Crippen LogP contribution < -0.4 is 10.1 Å². The highest BCUT2D eigenvalue weighted by atomic mass is 16.5. The molecule has 0 aromatic heterocycles. The van der Waals surface area contributed by atoms with Crippen LogP contribution in [0.15, 0.2) is 71.1 Å². The normalized spacial score (nSPS) is 19.4. The maximum atomic E-state index is 13.4. The van der Waals surface area contributed by atoms with Crippen molar-refractivity contribution < 1.29 is 24.2 Å². The Morgan fingerprint density at radius 2 is 1.88 bits per heavy atom. The Morgan fingerprint density at radius 1 is 1.15 bits per heavy atom. The second kappa shape index (κ2) is 9.37. The predicted molar refractivity (Wildman–Crippen MR) is 129 cm³/mol. The summed E-state index contributed by atoms with van der Waals surface area (Å²) in [5, 5.41) is 13.5. The van der Waals surface area contributed by atoms with Gasteiger partial charge in [0.2, 0.25) is 0 Å². The third kappa shape index (κ3) is 4.72. The van der Waals surface area contributed by atoms with Gasteiger partial charge in [-0.25, -0.2) is 4.79 Å². The summed E-state index contributed by atoms with van der Waals surface area (Å²) in [5.74, 6) is -0.756. The van der Waals surface area contributed by atoms with E-state index in [1.54, 1.807) is 12.1 Å². The number of hydrogen-bond acceptors (Lipinski definition) is 6. The molecule has 6 nitrogen and oxygen atoms in total. The van der Waals surface area contributed by atoms with Crippen molar-refractivity contribution in [2.75, 3.05) is 13.7 Å². The molecule has 0 radical (unpaired) electrons. The Bertz CT molecular complexity index is 1180. The van der Waals surface area contributed by atoms with Crippen molar-refractivity contribution in [2.24, 2.45) is 5.41 Å². The molecule has 1 aliphatic heterocycles. The minimum atomic E-state index is -0.599. The topological polar surface area (TPSA) is 84.9 Å². The number of dihydropyridines is 1.